The molecule has 1 N–H and O–H groups in total. The lowest BCUT2D eigenvalue weighted by atomic mass is 10.0. The lowest BCUT2D eigenvalue weighted by molar-refractivity contribution is 0.927. The van der Waals surface area contributed by atoms with E-state index in [1.54, 1.807) is 6.33 Å². The molecule has 3 heteroatoms. The second kappa shape index (κ2) is 6.48. The fraction of sp³-hybridized carbons (Fsp3) is 0.211. The van der Waals surface area contributed by atoms with Gasteiger partial charge in [0.15, 0.2) is 0 Å². The summed E-state index contributed by atoms with van der Waals surface area (Å²) < 4.78 is 0. The van der Waals surface area contributed by atoms with E-state index in [1.807, 2.05) is 0 Å². The van der Waals surface area contributed by atoms with Crippen LogP contribution >= 0.6 is 0 Å². The number of imidazole rings is 1. The Balaban J connectivity index is 1.77. The highest BCUT2D eigenvalue weighted by Gasteiger charge is 2.08. The highest BCUT2D eigenvalue weighted by atomic mass is 15.1. The van der Waals surface area contributed by atoms with Crippen LogP contribution in [0.15, 0.2) is 60.9 Å². The third kappa shape index (κ3) is 3.19. The molecule has 0 aliphatic heterocycles. The molecule has 0 fully saturated rings. The molecule has 0 radical (unpaired) electrons. The minimum absolute atomic E-state index is 0.967. The topological polar surface area (TPSA) is 31.9 Å². The first-order chi connectivity index (χ1) is 10.7. The first kappa shape index (κ1) is 14.4. The zero-order chi connectivity index (χ0) is 15.4. The molecule has 0 saturated heterocycles. The van der Waals surface area contributed by atoms with Crippen molar-refractivity contribution in [3.8, 4) is 11.3 Å². The maximum atomic E-state index is 4.50. The molecule has 0 spiro atoms. The molecule has 0 aliphatic rings. The monoisotopic (exact) mass is 291 g/mol. The van der Waals surface area contributed by atoms with Crippen molar-refractivity contribution in [2.24, 2.45) is 0 Å². The van der Waals surface area contributed by atoms with E-state index in [0.717, 1.165) is 24.1 Å². The maximum absolute atomic E-state index is 4.50. The van der Waals surface area contributed by atoms with E-state index >= 15 is 0 Å². The van der Waals surface area contributed by atoms with Crippen LogP contribution in [0.1, 0.15) is 11.3 Å². The summed E-state index contributed by atoms with van der Waals surface area (Å²) in [6.07, 6.45) is 3.77. The second-order valence-electron chi connectivity index (χ2n) is 5.66. The van der Waals surface area contributed by atoms with E-state index in [-0.39, 0.29) is 0 Å². The Hall–Kier alpha value is -2.55. The smallest absolute Gasteiger partial charge is 0.0929 e. The van der Waals surface area contributed by atoms with Gasteiger partial charge in [-0.15, -0.1) is 0 Å². The summed E-state index contributed by atoms with van der Waals surface area (Å²) in [5.74, 6) is 0. The Morgan fingerprint density at radius 2 is 1.64 bits per heavy atom. The number of benzene rings is 2. The van der Waals surface area contributed by atoms with Crippen LogP contribution in [0.5, 0.6) is 0 Å². The number of aryl methyl sites for hydroxylation is 2. The number of hydrogen-bond donors (Lipinski definition) is 1. The minimum atomic E-state index is 0.967. The van der Waals surface area contributed by atoms with Crippen molar-refractivity contribution in [1.29, 1.82) is 0 Å². The van der Waals surface area contributed by atoms with Crippen molar-refractivity contribution in [2.45, 2.75) is 12.8 Å². The van der Waals surface area contributed by atoms with Crippen molar-refractivity contribution in [3.63, 3.8) is 0 Å². The standard InChI is InChI=1S/C19H21N3/c1-22(2)17-11-9-16(10-12-17)19-18(20-14-21-19)13-8-15-6-4-3-5-7-15/h3-7,9-12,14H,8,13H2,1-2H3,(H,20,21). The van der Waals surface area contributed by atoms with Crippen LogP contribution in [0.25, 0.3) is 11.3 Å². The molecule has 0 atom stereocenters. The normalized spacial score (nSPS) is 10.6. The van der Waals surface area contributed by atoms with E-state index in [9.17, 15) is 0 Å². The summed E-state index contributed by atoms with van der Waals surface area (Å²) in [4.78, 5) is 9.90. The molecule has 0 aliphatic carbocycles. The molecule has 0 saturated carbocycles. The van der Waals surface area contributed by atoms with Gasteiger partial charge in [-0.3, -0.25) is 0 Å². The van der Waals surface area contributed by atoms with Gasteiger partial charge in [0.25, 0.3) is 0 Å². The van der Waals surface area contributed by atoms with Crippen LogP contribution in [0.4, 0.5) is 5.69 Å². The van der Waals surface area contributed by atoms with E-state index in [4.69, 9.17) is 0 Å². The molecule has 0 bridgehead atoms. The van der Waals surface area contributed by atoms with E-state index < -0.39 is 0 Å². The molecular weight excluding hydrogens is 270 g/mol. The SMILES string of the molecule is CN(C)c1ccc(-c2nc[nH]c2CCc2ccccc2)cc1. The first-order valence-electron chi connectivity index (χ1n) is 7.58. The fourth-order valence-electron chi connectivity index (χ4n) is 2.59. The average molecular weight is 291 g/mol. The van der Waals surface area contributed by atoms with Gasteiger partial charge in [0, 0.05) is 31.0 Å². The summed E-state index contributed by atoms with van der Waals surface area (Å²) in [7, 11) is 4.10. The Morgan fingerprint density at radius 3 is 2.32 bits per heavy atom. The lowest BCUT2D eigenvalue weighted by Gasteiger charge is -2.12. The third-order valence-corrected chi connectivity index (χ3v) is 3.88. The van der Waals surface area contributed by atoms with Crippen LogP contribution in [0.3, 0.4) is 0 Å². The summed E-state index contributed by atoms with van der Waals surface area (Å²) >= 11 is 0. The molecule has 0 amide bonds. The van der Waals surface area contributed by atoms with Crippen molar-refractivity contribution in [1.82, 2.24) is 9.97 Å². The van der Waals surface area contributed by atoms with Gasteiger partial charge in [-0.2, -0.15) is 0 Å². The van der Waals surface area contributed by atoms with Gasteiger partial charge in [0.05, 0.1) is 12.0 Å². The predicted octanol–water partition coefficient (Wildman–Crippen LogP) is 3.93. The number of aromatic amines is 1. The Bertz CT molecular complexity index is 712. The van der Waals surface area contributed by atoms with Gasteiger partial charge in [0.1, 0.15) is 0 Å². The summed E-state index contributed by atoms with van der Waals surface area (Å²) in [5, 5.41) is 0. The number of aromatic nitrogens is 2. The van der Waals surface area contributed by atoms with Crippen molar-refractivity contribution >= 4 is 5.69 Å². The first-order valence-corrected chi connectivity index (χ1v) is 7.58. The molecule has 2 aromatic carbocycles. The van der Waals surface area contributed by atoms with E-state index in [2.05, 4.69) is 83.6 Å². The maximum Gasteiger partial charge on any atom is 0.0929 e. The largest absolute Gasteiger partial charge is 0.378 e. The number of H-pyrrole nitrogens is 1. The minimum Gasteiger partial charge on any atom is -0.378 e. The summed E-state index contributed by atoms with van der Waals surface area (Å²) in [6, 6.07) is 19.1. The number of anilines is 1. The van der Waals surface area contributed by atoms with Gasteiger partial charge in [0.2, 0.25) is 0 Å². The Labute approximate surface area is 131 Å². The molecule has 3 nitrogen and oxygen atoms in total. The number of rotatable bonds is 5. The number of nitrogens with one attached hydrogen (secondary N) is 1. The second-order valence-corrected chi connectivity index (χ2v) is 5.66. The average Bonchev–Trinajstić information content (AvgIpc) is 3.02. The molecule has 0 unspecified atom stereocenters. The summed E-state index contributed by atoms with van der Waals surface area (Å²) in [5.41, 5.74) is 5.97. The van der Waals surface area contributed by atoms with E-state index in [0.29, 0.717) is 0 Å². The fourth-order valence-corrected chi connectivity index (χ4v) is 2.59. The molecule has 112 valence electrons. The van der Waals surface area contributed by atoms with Gasteiger partial charge in [-0.25, -0.2) is 4.98 Å². The lowest BCUT2D eigenvalue weighted by Crippen LogP contribution is -2.07. The molecule has 3 aromatic rings. The van der Waals surface area contributed by atoms with Crippen molar-refractivity contribution < 1.29 is 0 Å². The van der Waals surface area contributed by atoms with Gasteiger partial charge in [-0.05, 0) is 30.5 Å². The molecule has 22 heavy (non-hydrogen) atoms. The number of hydrogen-bond acceptors (Lipinski definition) is 2. The van der Waals surface area contributed by atoms with Crippen LogP contribution < -0.4 is 4.90 Å². The van der Waals surface area contributed by atoms with Crippen LogP contribution in [0.2, 0.25) is 0 Å². The molecule has 3 rings (SSSR count). The Kier molecular flexibility index (Phi) is 4.24. The van der Waals surface area contributed by atoms with Gasteiger partial charge < -0.3 is 9.88 Å². The van der Waals surface area contributed by atoms with E-state index in [1.165, 1.54) is 16.9 Å². The van der Waals surface area contributed by atoms with Crippen LogP contribution in [-0.2, 0) is 12.8 Å². The van der Waals surface area contributed by atoms with Crippen molar-refractivity contribution in [3.05, 3.63) is 72.2 Å². The predicted molar refractivity (Wildman–Crippen MR) is 92.2 cm³/mol. The molecule has 1 heterocycles. The third-order valence-electron chi connectivity index (χ3n) is 3.88. The Morgan fingerprint density at radius 1 is 0.909 bits per heavy atom. The molecular formula is C19H21N3. The zero-order valence-corrected chi connectivity index (χ0v) is 13.1. The van der Waals surface area contributed by atoms with Crippen molar-refractivity contribution in [2.75, 3.05) is 19.0 Å². The van der Waals surface area contributed by atoms with Gasteiger partial charge >= 0.3 is 0 Å². The molecule has 1 aromatic heterocycles. The van der Waals surface area contributed by atoms with Gasteiger partial charge in [-0.1, -0.05) is 42.5 Å². The van der Waals surface area contributed by atoms with Crippen LogP contribution in [-0.4, -0.2) is 24.1 Å². The van der Waals surface area contributed by atoms with Crippen LogP contribution in [0, 0.1) is 0 Å². The quantitative estimate of drug-likeness (QED) is 0.772. The zero-order valence-electron chi connectivity index (χ0n) is 13.1. The number of nitrogens with zero attached hydrogens (tertiary/aromatic N) is 2. The summed E-state index contributed by atoms with van der Waals surface area (Å²) in [6.45, 7) is 0. The highest BCUT2D eigenvalue weighted by Crippen LogP contribution is 2.24. The highest BCUT2D eigenvalue weighted by molar-refractivity contribution is 5.65.